The minimum atomic E-state index is -1.69. The number of nitrogens with two attached hydrogens (primary N) is 2. The van der Waals surface area contributed by atoms with Crippen molar-refractivity contribution in [1.29, 1.82) is 0 Å². The van der Waals surface area contributed by atoms with Crippen molar-refractivity contribution in [2.45, 2.75) is 94.7 Å². The number of nitrogens with one attached hydrogen (secondary N) is 7. The van der Waals surface area contributed by atoms with Crippen LogP contribution in [-0.4, -0.2) is 123 Å². The molecule has 0 aromatic heterocycles. The van der Waals surface area contributed by atoms with E-state index in [1.165, 1.54) is 38.1 Å². The summed E-state index contributed by atoms with van der Waals surface area (Å²) in [5.41, 5.74) is 13.7. The van der Waals surface area contributed by atoms with E-state index < -0.39 is 108 Å². The Morgan fingerprint density at radius 1 is 0.650 bits per heavy atom. The zero-order valence-corrected chi connectivity index (χ0v) is 32.9. The van der Waals surface area contributed by atoms with Gasteiger partial charge in [-0.2, -0.15) is 0 Å². The first-order valence-electron chi connectivity index (χ1n) is 18.7. The fourth-order valence-corrected chi connectivity index (χ4v) is 5.50. The number of unbranched alkanes of at least 4 members (excludes halogenated alkanes) is 1. The van der Waals surface area contributed by atoms with Crippen molar-refractivity contribution in [3.63, 3.8) is 0 Å². The van der Waals surface area contributed by atoms with E-state index in [2.05, 4.69) is 31.9 Å². The average Bonchev–Trinajstić information content (AvgIpc) is 3.19. The highest BCUT2D eigenvalue weighted by molar-refractivity contribution is 5.98. The van der Waals surface area contributed by atoms with Gasteiger partial charge in [-0.25, -0.2) is 14.9 Å². The van der Waals surface area contributed by atoms with Gasteiger partial charge in [0.25, 0.3) is 0 Å². The van der Waals surface area contributed by atoms with Gasteiger partial charge < -0.3 is 58.7 Å². The van der Waals surface area contributed by atoms with Crippen LogP contribution in [0.2, 0.25) is 0 Å². The third-order valence-corrected chi connectivity index (χ3v) is 8.79. The summed E-state index contributed by atoms with van der Waals surface area (Å²) in [6.45, 7) is 1.68. The zero-order valence-electron chi connectivity index (χ0n) is 32.9. The summed E-state index contributed by atoms with van der Waals surface area (Å²) in [5.74, 6) is -8.46. The fraction of sp³-hybridized carbons (Fsp3) is 0.459. The summed E-state index contributed by atoms with van der Waals surface area (Å²) < 4.78 is 0. The third kappa shape index (κ3) is 17.3. The molecule has 0 saturated carbocycles. The molecule has 7 amide bonds. The summed E-state index contributed by atoms with van der Waals surface area (Å²) >= 11 is 0. The lowest BCUT2D eigenvalue weighted by Crippen LogP contribution is -2.60. The highest BCUT2D eigenvalue weighted by atomic mass is 16.7. The van der Waals surface area contributed by atoms with Crippen LogP contribution >= 0.6 is 0 Å². The van der Waals surface area contributed by atoms with E-state index in [-0.39, 0.29) is 25.0 Å². The Morgan fingerprint density at radius 3 is 1.63 bits per heavy atom. The lowest BCUT2D eigenvalue weighted by atomic mass is 10.0. The quantitative estimate of drug-likeness (QED) is 0.0247. The van der Waals surface area contributed by atoms with Gasteiger partial charge in [0, 0.05) is 12.8 Å². The van der Waals surface area contributed by atoms with E-state index >= 15 is 0 Å². The van der Waals surface area contributed by atoms with Gasteiger partial charge in [-0.1, -0.05) is 42.5 Å². The number of hydrazine groups is 1. The Balaban J connectivity index is 2.11. The molecule has 0 unspecified atom stereocenters. The number of carboxylic acids is 1. The van der Waals surface area contributed by atoms with Gasteiger partial charge in [-0.3, -0.25) is 33.6 Å². The number of hydrogen-bond acceptors (Lipinski definition) is 13. The molecule has 0 spiro atoms. The number of amides is 7. The lowest BCUT2D eigenvalue weighted by molar-refractivity contribution is -0.548. The summed E-state index contributed by atoms with van der Waals surface area (Å²) in [5, 5.41) is 53.0. The molecule has 0 aliphatic rings. The summed E-state index contributed by atoms with van der Waals surface area (Å²) in [4.78, 5) is 114. The summed E-state index contributed by atoms with van der Waals surface area (Å²) in [7, 11) is 0. The second-order valence-corrected chi connectivity index (χ2v) is 13.7. The van der Waals surface area contributed by atoms with Crippen molar-refractivity contribution >= 4 is 47.3 Å². The minimum Gasteiger partial charge on any atom is -0.508 e. The molecule has 0 bridgehead atoms. The number of aromatic hydroxyl groups is 1. The van der Waals surface area contributed by atoms with Crippen LogP contribution < -0.4 is 48.8 Å². The van der Waals surface area contributed by atoms with Crippen LogP contribution in [0.3, 0.4) is 0 Å². The molecule has 60 heavy (non-hydrogen) atoms. The first-order valence-corrected chi connectivity index (χ1v) is 18.7. The van der Waals surface area contributed by atoms with Gasteiger partial charge >= 0.3 is 5.97 Å². The summed E-state index contributed by atoms with van der Waals surface area (Å²) in [6.07, 6.45) is -0.145. The van der Waals surface area contributed by atoms with Crippen LogP contribution in [0.1, 0.15) is 50.7 Å². The Morgan fingerprint density at radius 2 is 1.12 bits per heavy atom. The zero-order chi connectivity index (χ0) is 44.9. The standard InChI is InChI=1S/C37H52N10O13/c1-20(41-36(56)29(19-48)45-32(52)21(2)40-35(55)28(46-47(59)60)17-23-11-13-24(49)14-12-23)31(51)43-27(18-30(39)50)34(54)44-26(16-22-8-4-3-5-9-22)33(53)42-25(37(57)58)10-6-7-15-38/h3-5,8-9,11-14,20-21,25-29,46,48-49H,6-7,10,15-19,38H2,1-2H3,(H2,39,50)(H,40,55)(H,41,56)(H,42,53)(H,43,51)(H,44,54)(H,45,52)(H,57,58)/t20-,21-,25-,26-,27-,28-,29-/m0/s1. The monoisotopic (exact) mass is 844 g/mol. The number of hydrogen-bond donors (Lipinski definition) is 12. The Bertz CT molecular complexity index is 1820. The first kappa shape index (κ1) is 49.3. The maximum Gasteiger partial charge on any atom is 0.326 e. The van der Waals surface area contributed by atoms with Gasteiger partial charge in [0.05, 0.1) is 13.0 Å². The number of aliphatic carboxylic acids is 1. The van der Waals surface area contributed by atoms with Crippen molar-refractivity contribution in [3.05, 3.63) is 75.8 Å². The number of carbonyl (C=O) groups excluding carboxylic acids is 7. The van der Waals surface area contributed by atoms with E-state index in [1.807, 2.05) is 5.43 Å². The number of aliphatic hydroxyl groups is 1. The topological polar surface area (TPSA) is 377 Å². The van der Waals surface area contributed by atoms with Crippen molar-refractivity contribution in [2.75, 3.05) is 13.2 Å². The van der Waals surface area contributed by atoms with Crippen molar-refractivity contribution in [1.82, 2.24) is 37.3 Å². The van der Waals surface area contributed by atoms with E-state index in [9.17, 15) is 63.8 Å². The molecular formula is C37H52N10O13. The number of primary amides is 1. The average molecular weight is 845 g/mol. The third-order valence-electron chi connectivity index (χ3n) is 8.79. The van der Waals surface area contributed by atoms with Gasteiger partial charge in [-0.15, -0.1) is 5.43 Å². The molecule has 0 radical (unpaired) electrons. The van der Waals surface area contributed by atoms with Crippen LogP contribution in [0.25, 0.3) is 0 Å². The van der Waals surface area contributed by atoms with Crippen LogP contribution in [-0.2, 0) is 51.2 Å². The van der Waals surface area contributed by atoms with Gasteiger partial charge in [0.15, 0.2) is 11.1 Å². The van der Waals surface area contributed by atoms with E-state index in [4.69, 9.17) is 11.5 Å². The van der Waals surface area contributed by atoms with Crippen LogP contribution in [0, 0.1) is 10.1 Å². The summed E-state index contributed by atoms with van der Waals surface area (Å²) in [6, 6.07) is 3.42. The number of phenols is 1. The second kappa shape index (κ2) is 24.8. The molecule has 0 heterocycles. The predicted molar refractivity (Wildman–Crippen MR) is 210 cm³/mol. The number of carboxylic acid groups (broad SMARTS) is 1. The number of phenolic OH excluding ortho intramolecular Hbond substituents is 1. The highest BCUT2D eigenvalue weighted by Gasteiger charge is 2.33. The van der Waals surface area contributed by atoms with E-state index in [1.54, 1.807) is 30.3 Å². The Hall–Kier alpha value is -6.88. The molecule has 0 aliphatic heterocycles. The number of benzene rings is 2. The molecule has 328 valence electrons. The number of carbonyl (C=O) groups is 8. The Kier molecular flexibility index (Phi) is 20.4. The first-order chi connectivity index (χ1) is 28.3. The molecule has 7 atom stereocenters. The smallest absolute Gasteiger partial charge is 0.326 e. The normalized spacial score (nSPS) is 14.3. The van der Waals surface area contributed by atoms with Crippen LogP contribution in [0.5, 0.6) is 5.75 Å². The predicted octanol–water partition coefficient (Wildman–Crippen LogP) is -3.64. The lowest BCUT2D eigenvalue weighted by Gasteiger charge is -2.26. The number of nitrogens with zero attached hydrogens (tertiary/aromatic N) is 1. The maximum absolute atomic E-state index is 13.5. The van der Waals surface area contributed by atoms with Gasteiger partial charge in [-0.05, 0) is 62.9 Å². The van der Waals surface area contributed by atoms with Crippen molar-refractivity contribution < 1.29 is 58.7 Å². The van der Waals surface area contributed by atoms with E-state index in [0.29, 0.717) is 30.5 Å². The van der Waals surface area contributed by atoms with Gasteiger partial charge in [0.1, 0.15) is 42.0 Å². The molecule has 2 aromatic rings. The van der Waals surface area contributed by atoms with Crippen LogP contribution in [0.15, 0.2) is 54.6 Å². The fourth-order valence-electron chi connectivity index (χ4n) is 5.50. The van der Waals surface area contributed by atoms with Crippen molar-refractivity contribution in [2.24, 2.45) is 11.5 Å². The Labute approximate surface area is 343 Å². The minimum absolute atomic E-state index is 0.0534. The second-order valence-electron chi connectivity index (χ2n) is 13.7. The molecular weight excluding hydrogens is 792 g/mol. The molecule has 0 aliphatic carbocycles. The SMILES string of the molecule is C[C@H](NC(=O)[C@H](CO)NC(=O)[C@H](C)NC(=O)[C@H](Cc1ccc(O)cc1)N[N+](=O)[O-])C(=O)N[C@@H](CC(N)=O)C(=O)N[C@@H](Cc1ccccc1)C(=O)N[C@@H](CCCCN)C(=O)O. The molecule has 2 rings (SSSR count). The molecule has 0 saturated heterocycles. The maximum atomic E-state index is 13.5. The largest absolute Gasteiger partial charge is 0.508 e. The van der Waals surface area contributed by atoms with E-state index in [0.717, 1.165) is 0 Å². The molecule has 23 heteroatoms. The molecule has 2 aromatic carbocycles. The van der Waals surface area contributed by atoms with Gasteiger partial charge in [0.2, 0.25) is 41.4 Å². The molecule has 0 fully saturated rings. The van der Waals surface area contributed by atoms with Crippen molar-refractivity contribution in [3.8, 4) is 5.75 Å². The number of aliphatic hydroxyl groups excluding tert-OH is 1. The number of rotatable bonds is 26. The molecule has 23 nitrogen and oxygen atoms in total. The number of nitro groups is 1. The highest BCUT2D eigenvalue weighted by Crippen LogP contribution is 2.12. The molecule has 14 N–H and O–H groups in total. The van der Waals surface area contributed by atoms with Crippen LogP contribution in [0.4, 0.5) is 0 Å².